The van der Waals surface area contributed by atoms with Crippen LogP contribution >= 0.6 is 12.2 Å². The molecule has 0 radical (unpaired) electrons. The van der Waals surface area contributed by atoms with Crippen LogP contribution in [-0.4, -0.2) is 26.0 Å². The first kappa shape index (κ1) is 24.9. The van der Waals surface area contributed by atoms with Gasteiger partial charge >= 0.3 is 0 Å². The van der Waals surface area contributed by atoms with Gasteiger partial charge < -0.3 is 10.1 Å². The topological polar surface area (TPSA) is 96.5 Å². The van der Waals surface area contributed by atoms with Crippen LogP contribution in [0, 0.1) is 5.82 Å². The van der Waals surface area contributed by atoms with Crippen LogP contribution in [0.4, 0.5) is 15.8 Å². The number of thiocarbonyl (C=S) groups is 1. The van der Waals surface area contributed by atoms with Crippen molar-refractivity contribution >= 4 is 50.7 Å². The number of rotatable bonds is 8. The molecule has 3 aromatic carbocycles. The Bertz CT molecular complexity index is 1280. The largest absolute Gasteiger partial charge is 0.494 e. The normalized spacial score (nSPS) is 11.1. The maximum Gasteiger partial charge on any atom is 0.261 e. The monoisotopic (exact) mass is 499 g/mol. The first-order chi connectivity index (χ1) is 16.2. The van der Waals surface area contributed by atoms with Gasteiger partial charge in [0, 0.05) is 17.5 Å². The molecule has 0 bridgehead atoms. The third-order valence-corrected chi connectivity index (χ3v) is 5.98. The molecule has 0 aliphatic heterocycles. The fourth-order valence-electron chi connectivity index (χ4n) is 2.78. The van der Waals surface area contributed by atoms with Crippen LogP contribution in [0.1, 0.15) is 12.5 Å². The molecule has 0 aliphatic rings. The van der Waals surface area contributed by atoms with E-state index in [4.69, 9.17) is 17.0 Å². The number of anilines is 2. The van der Waals surface area contributed by atoms with Crippen LogP contribution < -0.4 is 20.1 Å². The van der Waals surface area contributed by atoms with Gasteiger partial charge in [0.1, 0.15) is 11.6 Å². The van der Waals surface area contributed by atoms with E-state index in [0.29, 0.717) is 29.3 Å². The predicted molar refractivity (Wildman–Crippen MR) is 135 cm³/mol. The number of hydrogen-bond acceptors (Lipinski definition) is 5. The van der Waals surface area contributed by atoms with Gasteiger partial charge in [-0.25, -0.2) is 12.8 Å². The molecule has 3 N–H and O–H groups in total. The summed E-state index contributed by atoms with van der Waals surface area (Å²) in [6.45, 7) is 2.38. The lowest BCUT2D eigenvalue weighted by Crippen LogP contribution is -2.32. The number of nitrogens with one attached hydrogen (secondary N) is 3. The Morgan fingerprint density at radius 3 is 2.21 bits per heavy atom. The van der Waals surface area contributed by atoms with Gasteiger partial charge in [0.2, 0.25) is 5.91 Å². The van der Waals surface area contributed by atoms with E-state index in [1.54, 1.807) is 24.3 Å². The van der Waals surface area contributed by atoms with Crippen molar-refractivity contribution < 1.29 is 22.3 Å². The van der Waals surface area contributed by atoms with Crippen LogP contribution in [0.2, 0.25) is 0 Å². The SMILES string of the molecule is CCOc1ccc(NS(=O)(=O)c2ccc(NC(=S)NC(=O)/C=C/c3ccc(F)cc3)cc2)cc1. The summed E-state index contributed by atoms with van der Waals surface area (Å²) < 4.78 is 46.0. The lowest BCUT2D eigenvalue weighted by Gasteiger charge is -2.11. The number of hydrogen-bond donors (Lipinski definition) is 3. The third kappa shape index (κ3) is 7.39. The molecule has 3 aromatic rings. The van der Waals surface area contributed by atoms with Gasteiger partial charge in [0.05, 0.1) is 11.5 Å². The second-order valence-corrected chi connectivity index (χ2v) is 9.01. The molecule has 0 spiro atoms. The van der Waals surface area contributed by atoms with Gasteiger partial charge in [-0.1, -0.05) is 12.1 Å². The van der Waals surface area contributed by atoms with Crippen LogP contribution in [0.3, 0.4) is 0 Å². The molecule has 10 heteroatoms. The predicted octanol–water partition coefficient (Wildman–Crippen LogP) is 4.55. The number of carbonyl (C=O) groups excluding carboxylic acids is 1. The minimum absolute atomic E-state index is 0.0388. The highest BCUT2D eigenvalue weighted by Crippen LogP contribution is 2.20. The van der Waals surface area contributed by atoms with Crippen molar-refractivity contribution in [1.29, 1.82) is 0 Å². The molecule has 0 unspecified atom stereocenters. The van der Waals surface area contributed by atoms with Gasteiger partial charge in [-0.05, 0) is 91.4 Å². The van der Waals surface area contributed by atoms with Crippen LogP contribution in [-0.2, 0) is 14.8 Å². The lowest BCUT2D eigenvalue weighted by molar-refractivity contribution is -0.115. The summed E-state index contributed by atoms with van der Waals surface area (Å²) in [5.74, 6) is -0.187. The van der Waals surface area contributed by atoms with Crippen molar-refractivity contribution in [3.05, 3.63) is 90.3 Å². The van der Waals surface area contributed by atoms with Gasteiger partial charge in [-0.3, -0.25) is 14.8 Å². The Morgan fingerprint density at radius 2 is 1.59 bits per heavy atom. The molecule has 0 aliphatic carbocycles. The quantitative estimate of drug-likeness (QED) is 0.311. The molecule has 0 aromatic heterocycles. The third-order valence-electron chi connectivity index (χ3n) is 4.37. The number of sulfonamides is 1. The number of ether oxygens (including phenoxy) is 1. The summed E-state index contributed by atoms with van der Waals surface area (Å²) in [5, 5.41) is 5.33. The fraction of sp³-hybridized carbons (Fsp3) is 0.0833. The highest BCUT2D eigenvalue weighted by molar-refractivity contribution is 7.92. The molecule has 0 saturated heterocycles. The molecule has 0 heterocycles. The Hall–Kier alpha value is -3.76. The molecule has 0 atom stereocenters. The van der Waals surface area contributed by atoms with Crippen molar-refractivity contribution in [1.82, 2.24) is 5.32 Å². The Kier molecular flexibility index (Phi) is 8.34. The van der Waals surface area contributed by atoms with E-state index in [2.05, 4.69) is 15.4 Å². The molecule has 3 rings (SSSR count). The number of halogens is 1. The van der Waals surface area contributed by atoms with Crippen molar-refractivity contribution in [3.63, 3.8) is 0 Å². The molecule has 176 valence electrons. The fourth-order valence-corrected chi connectivity index (χ4v) is 4.06. The van der Waals surface area contributed by atoms with Crippen molar-refractivity contribution in [2.24, 2.45) is 0 Å². The van der Waals surface area contributed by atoms with Crippen LogP contribution in [0.15, 0.2) is 83.8 Å². The van der Waals surface area contributed by atoms with E-state index in [0.717, 1.165) is 0 Å². The summed E-state index contributed by atoms with van der Waals surface area (Å²) in [4.78, 5) is 12.1. The minimum Gasteiger partial charge on any atom is -0.494 e. The van der Waals surface area contributed by atoms with E-state index in [-0.39, 0.29) is 15.8 Å². The van der Waals surface area contributed by atoms with Gasteiger partial charge in [0.25, 0.3) is 10.0 Å². The highest BCUT2D eigenvalue weighted by atomic mass is 32.2. The second-order valence-electron chi connectivity index (χ2n) is 6.92. The average molecular weight is 500 g/mol. The second kappa shape index (κ2) is 11.4. The molecule has 7 nitrogen and oxygen atoms in total. The maximum absolute atomic E-state index is 12.9. The summed E-state index contributed by atoms with van der Waals surface area (Å²) in [5.41, 5.74) is 1.56. The van der Waals surface area contributed by atoms with E-state index in [1.165, 1.54) is 60.7 Å². The zero-order valence-corrected chi connectivity index (χ0v) is 19.8. The average Bonchev–Trinajstić information content (AvgIpc) is 2.80. The van der Waals surface area contributed by atoms with E-state index < -0.39 is 15.9 Å². The smallest absolute Gasteiger partial charge is 0.261 e. The van der Waals surface area contributed by atoms with Crippen molar-refractivity contribution in [2.45, 2.75) is 11.8 Å². The summed E-state index contributed by atoms with van der Waals surface area (Å²) in [7, 11) is -3.79. The molecule has 0 fully saturated rings. The highest BCUT2D eigenvalue weighted by Gasteiger charge is 2.14. The van der Waals surface area contributed by atoms with E-state index in [9.17, 15) is 17.6 Å². The van der Waals surface area contributed by atoms with E-state index >= 15 is 0 Å². The van der Waals surface area contributed by atoms with Crippen molar-refractivity contribution in [3.8, 4) is 5.75 Å². The zero-order chi connectivity index (χ0) is 24.6. The molecular weight excluding hydrogens is 477 g/mol. The van der Waals surface area contributed by atoms with Gasteiger partial charge in [0.15, 0.2) is 5.11 Å². The number of amides is 1. The summed E-state index contributed by atoms with van der Waals surface area (Å²) in [6.07, 6.45) is 2.79. The summed E-state index contributed by atoms with van der Waals surface area (Å²) in [6, 6.07) is 18.1. The van der Waals surface area contributed by atoms with Gasteiger partial charge in [-0.2, -0.15) is 0 Å². The first-order valence-corrected chi connectivity index (χ1v) is 12.1. The summed E-state index contributed by atoms with van der Waals surface area (Å²) >= 11 is 5.12. The Balaban J connectivity index is 1.55. The molecule has 1 amide bonds. The number of carbonyl (C=O) groups is 1. The van der Waals surface area contributed by atoms with Gasteiger partial charge in [-0.15, -0.1) is 0 Å². The van der Waals surface area contributed by atoms with Crippen molar-refractivity contribution in [2.75, 3.05) is 16.6 Å². The Labute approximate surface area is 202 Å². The molecule has 0 saturated carbocycles. The standard InChI is InChI=1S/C24H22FN3O4S2/c1-2-32-21-12-8-20(9-13-21)28-34(30,31)22-14-10-19(11-15-22)26-24(33)27-23(29)16-5-17-3-6-18(25)7-4-17/h3-16,28H,2H2,1H3,(H2,26,27,29,33)/b16-5+. The molecule has 34 heavy (non-hydrogen) atoms. The van der Waals surface area contributed by atoms with Crippen LogP contribution in [0.5, 0.6) is 5.75 Å². The molecular formula is C24H22FN3O4S2. The maximum atomic E-state index is 12.9. The Morgan fingerprint density at radius 1 is 0.971 bits per heavy atom. The number of benzene rings is 3. The lowest BCUT2D eigenvalue weighted by atomic mass is 10.2. The van der Waals surface area contributed by atoms with Crippen LogP contribution in [0.25, 0.3) is 6.08 Å². The first-order valence-electron chi connectivity index (χ1n) is 10.2. The minimum atomic E-state index is -3.79. The zero-order valence-electron chi connectivity index (χ0n) is 18.1. The van der Waals surface area contributed by atoms with E-state index in [1.807, 2.05) is 6.92 Å².